The van der Waals surface area contributed by atoms with E-state index >= 15 is 0 Å². The average molecular weight is 391 g/mol. The number of aryl methyl sites for hydroxylation is 1. The molecule has 9 heteroatoms. The van der Waals surface area contributed by atoms with Gasteiger partial charge in [-0.3, -0.25) is 9.59 Å². The number of hydrogen-bond donors (Lipinski definition) is 0. The van der Waals surface area contributed by atoms with E-state index in [0.717, 1.165) is 24.2 Å². The third-order valence-corrected chi connectivity index (χ3v) is 5.77. The second-order valence-electron chi connectivity index (χ2n) is 6.73. The molecule has 1 saturated heterocycles. The molecule has 8 nitrogen and oxygen atoms in total. The van der Waals surface area contributed by atoms with Crippen LogP contribution in [0.15, 0.2) is 22.6 Å². The number of piperidine rings is 1. The van der Waals surface area contributed by atoms with Crippen molar-refractivity contribution in [3.63, 3.8) is 0 Å². The molecule has 1 atom stereocenters. The Morgan fingerprint density at radius 2 is 2.30 bits per heavy atom. The highest BCUT2D eigenvalue weighted by Crippen LogP contribution is 2.23. The minimum atomic E-state index is -0.148. The number of carbonyl (C=O) groups is 1. The Labute approximate surface area is 162 Å². The zero-order chi connectivity index (χ0) is 19.4. The first kappa shape index (κ1) is 19.5. The predicted molar refractivity (Wildman–Crippen MR) is 105 cm³/mol. The molecule has 0 N–H and O–H groups in total. The molecule has 0 aliphatic carbocycles. The molecule has 1 aliphatic heterocycles. The number of amides is 1. The van der Waals surface area contributed by atoms with E-state index in [2.05, 4.69) is 10.1 Å². The van der Waals surface area contributed by atoms with Gasteiger partial charge in [0.05, 0.1) is 35.7 Å². The van der Waals surface area contributed by atoms with Crippen molar-refractivity contribution in [1.82, 2.24) is 19.7 Å². The van der Waals surface area contributed by atoms with Gasteiger partial charge in [-0.25, -0.2) is 9.67 Å². The van der Waals surface area contributed by atoms with Crippen LogP contribution in [-0.2, 0) is 4.74 Å². The lowest BCUT2D eigenvalue weighted by atomic mass is 10.1. The van der Waals surface area contributed by atoms with Crippen molar-refractivity contribution in [3.05, 3.63) is 38.7 Å². The molecule has 0 spiro atoms. The van der Waals surface area contributed by atoms with Crippen LogP contribution in [0, 0.1) is 6.92 Å². The average Bonchev–Trinajstić information content (AvgIpc) is 3.11. The number of methoxy groups -OCH3 is 1. The SMILES string of the molecule is COCCN(C)c1cnn([C@@H]2CCCN(C(=O)c3scnc3C)C2)c(=O)c1. The number of thiazole rings is 1. The summed E-state index contributed by atoms with van der Waals surface area (Å²) >= 11 is 1.36. The molecular weight excluding hydrogens is 366 g/mol. The predicted octanol–water partition coefficient (Wildman–Crippen LogP) is 1.57. The molecule has 2 aromatic heterocycles. The number of likely N-dealkylation sites (N-methyl/N-ethyl adjacent to an activating group) is 1. The van der Waals surface area contributed by atoms with Gasteiger partial charge < -0.3 is 14.5 Å². The summed E-state index contributed by atoms with van der Waals surface area (Å²) in [4.78, 5) is 33.9. The molecule has 146 valence electrons. The van der Waals surface area contributed by atoms with E-state index in [-0.39, 0.29) is 17.5 Å². The Hall–Kier alpha value is -2.26. The zero-order valence-corrected chi connectivity index (χ0v) is 16.7. The number of aromatic nitrogens is 3. The van der Waals surface area contributed by atoms with Gasteiger partial charge in [0.1, 0.15) is 4.88 Å². The third kappa shape index (κ3) is 4.36. The molecule has 3 rings (SSSR count). The molecule has 0 saturated carbocycles. The van der Waals surface area contributed by atoms with E-state index in [0.29, 0.717) is 31.1 Å². The van der Waals surface area contributed by atoms with Crippen molar-refractivity contribution in [1.29, 1.82) is 0 Å². The van der Waals surface area contributed by atoms with Gasteiger partial charge in [0.2, 0.25) is 0 Å². The molecule has 2 aromatic rings. The van der Waals surface area contributed by atoms with Crippen LogP contribution in [-0.4, -0.2) is 66.0 Å². The van der Waals surface area contributed by atoms with Gasteiger partial charge >= 0.3 is 0 Å². The molecule has 0 bridgehead atoms. The maximum absolute atomic E-state index is 12.8. The lowest BCUT2D eigenvalue weighted by Crippen LogP contribution is -2.43. The fraction of sp³-hybridized carbons (Fsp3) is 0.556. The summed E-state index contributed by atoms with van der Waals surface area (Å²) in [5.74, 6) is -0.0105. The zero-order valence-electron chi connectivity index (χ0n) is 15.9. The number of nitrogens with zero attached hydrogens (tertiary/aromatic N) is 5. The van der Waals surface area contributed by atoms with Crippen molar-refractivity contribution >= 4 is 22.9 Å². The molecular formula is C18H25N5O3S. The van der Waals surface area contributed by atoms with Crippen LogP contribution in [0.2, 0.25) is 0 Å². The summed E-state index contributed by atoms with van der Waals surface area (Å²) < 4.78 is 6.58. The highest BCUT2D eigenvalue weighted by molar-refractivity contribution is 7.11. The van der Waals surface area contributed by atoms with Crippen molar-refractivity contribution in [3.8, 4) is 0 Å². The first-order valence-corrected chi connectivity index (χ1v) is 9.87. The quantitative estimate of drug-likeness (QED) is 0.744. The van der Waals surface area contributed by atoms with E-state index in [9.17, 15) is 9.59 Å². The molecule has 1 amide bonds. The van der Waals surface area contributed by atoms with Crippen molar-refractivity contribution in [2.75, 3.05) is 45.3 Å². The van der Waals surface area contributed by atoms with E-state index in [1.165, 1.54) is 16.0 Å². The fourth-order valence-corrected chi connectivity index (χ4v) is 4.01. The molecule has 3 heterocycles. The number of likely N-dealkylation sites (tertiary alicyclic amines) is 1. The Morgan fingerprint density at radius 1 is 1.48 bits per heavy atom. The standard InChI is InChI=1S/C18H25N5O3S/c1-13-17(27-12-19-13)18(25)22-6-4-5-14(11-22)23-16(24)9-15(10-20-23)21(2)7-8-26-3/h9-10,12,14H,4-8,11H2,1-3H3/t14-/m1/s1. The van der Waals surface area contributed by atoms with Crippen LogP contribution in [0.5, 0.6) is 0 Å². The number of anilines is 1. The molecule has 1 aliphatic rings. The van der Waals surface area contributed by atoms with Crippen LogP contribution in [0.3, 0.4) is 0 Å². The Kier molecular flexibility index (Phi) is 6.22. The second kappa shape index (κ2) is 8.62. The van der Waals surface area contributed by atoms with Crippen molar-refractivity contribution in [2.45, 2.75) is 25.8 Å². The molecule has 1 fully saturated rings. The monoisotopic (exact) mass is 391 g/mol. The van der Waals surface area contributed by atoms with Crippen molar-refractivity contribution < 1.29 is 9.53 Å². The molecule has 0 radical (unpaired) electrons. The summed E-state index contributed by atoms with van der Waals surface area (Å²) in [5.41, 5.74) is 3.06. The van der Waals surface area contributed by atoms with E-state index < -0.39 is 0 Å². The summed E-state index contributed by atoms with van der Waals surface area (Å²) in [6, 6.07) is 1.48. The number of rotatable bonds is 6. The summed E-state index contributed by atoms with van der Waals surface area (Å²) in [5, 5.41) is 4.38. The summed E-state index contributed by atoms with van der Waals surface area (Å²) in [6.45, 7) is 4.29. The Bertz CT molecular complexity index is 850. The minimum Gasteiger partial charge on any atom is -0.383 e. The summed E-state index contributed by atoms with van der Waals surface area (Å²) in [6.07, 6.45) is 3.38. The van der Waals surface area contributed by atoms with Gasteiger partial charge in [0.15, 0.2) is 0 Å². The van der Waals surface area contributed by atoms with E-state index in [1.54, 1.807) is 29.8 Å². The van der Waals surface area contributed by atoms with Crippen LogP contribution in [0.4, 0.5) is 5.69 Å². The molecule has 27 heavy (non-hydrogen) atoms. The van der Waals surface area contributed by atoms with Crippen LogP contribution >= 0.6 is 11.3 Å². The maximum atomic E-state index is 12.8. The largest absolute Gasteiger partial charge is 0.383 e. The number of carbonyl (C=O) groups excluding carboxylic acids is 1. The second-order valence-corrected chi connectivity index (χ2v) is 7.58. The van der Waals surface area contributed by atoms with Gasteiger partial charge in [-0.1, -0.05) is 0 Å². The summed E-state index contributed by atoms with van der Waals surface area (Å²) in [7, 11) is 3.55. The first-order valence-electron chi connectivity index (χ1n) is 8.99. The Morgan fingerprint density at radius 3 is 2.96 bits per heavy atom. The van der Waals surface area contributed by atoms with Crippen molar-refractivity contribution in [2.24, 2.45) is 0 Å². The highest BCUT2D eigenvalue weighted by Gasteiger charge is 2.28. The lowest BCUT2D eigenvalue weighted by Gasteiger charge is -2.33. The van der Waals surface area contributed by atoms with E-state index in [1.807, 2.05) is 18.9 Å². The normalized spacial score (nSPS) is 17.1. The number of hydrogen-bond acceptors (Lipinski definition) is 7. The van der Waals surface area contributed by atoms with Crippen LogP contribution in [0.1, 0.15) is 34.2 Å². The smallest absolute Gasteiger partial charge is 0.269 e. The highest BCUT2D eigenvalue weighted by atomic mass is 32.1. The van der Waals surface area contributed by atoms with E-state index in [4.69, 9.17) is 4.74 Å². The lowest BCUT2D eigenvalue weighted by molar-refractivity contribution is 0.0674. The molecule has 0 unspecified atom stereocenters. The minimum absolute atomic E-state index is 0.0105. The maximum Gasteiger partial charge on any atom is 0.269 e. The molecule has 0 aromatic carbocycles. The van der Waals surface area contributed by atoms with Gasteiger partial charge in [-0.05, 0) is 19.8 Å². The van der Waals surface area contributed by atoms with Crippen LogP contribution < -0.4 is 10.5 Å². The van der Waals surface area contributed by atoms with Gasteiger partial charge in [-0.15, -0.1) is 11.3 Å². The number of ether oxygens (including phenoxy) is 1. The topological polar surface area (TPSA) is 80.6 Å². The van der Waals surface area contributed by atoms with Gasteiger partial charge in [-0.2, -0.15) is 5.10 Å². The van der Waals surface area contributed by atoms with Gasteiger partial charge in [0.25, 0.3) is 11.5 Å². The third-order valence-electron chi connectivity index (χ3n) is 4.85. The van der Waals surface area contributed by atoms with Gasteiger partial charge in [0, 0.05) is 39.9 Å². The fourth-order valence-electron chi connectivity index (χ4n) is 3.24. The Balaban J connectivity index is 1.73. The van der Waals surface area contributed by atoms with Crippen LogP contribution in [0.25, 0.3) is 0 Å². The first-order chi connectivity index (χ1) is 13.0.